The van der Waals surface area contributed by atoms with Crippen LogP contribution in [-0.2, 0) is 16.1 Å². The fourth-order valence-electron chi connectivity index (χ4n) is 3.68. The molecule has 8 nitrogen and oxygen atoms in total. The maximum absolute atomic E-state index is 12.6. The Morgan fingerprint density at radius 3 is 2.61 bits per heavy atom. The topological polar surface area (TPSA) is 83.5 Å². The van der Waals surface area contributed by atoms with Crippen molar-refractivity contribution in [3.05, 3.63) is 42.2 Å². The lowest BCUT2D eigenvalue weighted by atomic mass is 9.97. The van der Waals surface area contributed by atoms with E-state index in [1.165, 1.54) is 0 Å². The second-order valence-corrected chi connectivity index (χ2v) is 7.21. The molecule has 2 aliphatic rings. The van der Waals surface area contributed by atoms with E-state index in [-0.39, 0.29) is 11.8 Å². The lowest BCUT2D eigenvalue weighted by Gasteiger charge is -2.33. The number of hydrogen-bond acceptors (Lipinski definition) is 7. The number of carbonyl (C=O) groups excluding carboxylic acids is 1. The van der Waals surface area contributed by atoms with Crippen molar-refractivity contribution in [2.75, 3.05) is 49.2 Å². The molecule has 0 saturated carbocycles. The van der Waals surface area contributed by atoms with E-state index in [0.717, 1.165) is 62.9 Å². The highest BCUT2D eigenvalue weighted by Gasteiger charge is 2.26. The Hall–Kier alpha value is -2.74. The van der Waals surface area contributed by atoms with Gasteiger partial charge in [-0.1, -0.05) is 6.07 Å². The first-order valence-electron chi connectivity index (χ1n) is 9.87. The van der Waals surface area contributed by atoms with Gasteiger partial charge in [0, 0.05) is 45.1 Å². The van der Waals surface area contributed by atoms with Crippen LogP contribution in [0.15, 0.2) is 36.7 Å². The van der Waals surface area contributed by atoms with Crippen LogP contribution < -0.4 is 15.1 Å². The zero-order chi connectivity index (χ0) is 19.2. The summed E-state index contributed by atoms with van der Waals surface area (Å²) in [6.45, 7) is 5.23. The molecule has 0 spiro atoms. The molecule has 0 aromatic carbocycles. The number of pyridine rings is 1. The molecule has 1 unspecified atom stereocenters. The number of piperidine rings is 1. The Morgan fingerprint density at radius 1 is 1.11 bits per heavy atom. The summed E-state index contributed by atoms with van der Waals surface area (Å²) in [5.41, 5.74) is 1.01. The van der Waals surface area contributed by atoms with Gasteiger partial charge in [0.05, 0.1) is 19.1 Å². The summed E-state index contributed by atoms with van der Waals surface area (Å²) in [5.74, 6) is 1.77. The molecular weight excluding hydrogens is 356 g/mol. The van der Waals surface area contributed by atoms with Crippen molar-refractivity contribution < 1.29 is 9.53 Å². The fraction of sp³-hybridized carbons (Fsp3) is 0.500. The van der Waals surface area contributed by atoms with Gasteiger partial charge in [0.2, 0.25) is 5.91 Å². The van der Waals surface area contributed by atoms with Crippen LogP contribution >= 0.6 is 0 Å². The molecule has 0 aliphatic carbocycles. The summed E-state index contributed by atoms with van der Waals surface area (Å²) >= 11 is 0. The monoisotopic (exact) mass is 382 g/mol. The Labute approximate surface area is 164 Å². The van der Waals surface area contributed by atoms with E-state index < -0.39 is 0 Å². The van der Waals surface area contributed by atoms with Gasteiger partial charge in [0.25, 0.3) is 0 Å². The first-order chi connectivity index (χ1) is 13.8. The molecule has 0 radical (unpaired) electrons. The van der Waals surface area contributed by atoms with Crippen molar-refractivity contribution in [3.8, 4) is 0 Å². The molecule has 148 valence electrons. The third kappa shape index (κ3) is 4.56. The van der Waals surface area contributed by atoms with E-state index in [1.54, 1.807) is 12.4 Å². The molecule has 28 heavy (non-hydrogen) atoms. The number of aromatic nitrogens is 3. The number of ether oxygens (including phenoxy) is 1. The molecule has 1 amide bonds. The number of anilines is 2. The van der Waals surface area contributed by atoms with Crippen LogP contribution in [0.3, 0.4) is 0 Å². The third-order valence-corrected chi connectivity index (χ3v) is 5.28. The maximum atomic E-state index is 12.6. The van der Waals surface area contributed by atoms with Crippen LogP contribution in [0.25, 0.3) is 0 Å². The van der Waals surface area contributed by atoms with Gasteiger partial charge in [-0.25, -0.2) is 0 Å². The average Bonchev–Trinajstić information content (AvgIpc) is 2.79. The molecule has 4 heterocycles. The lowest BCUT2D eigenvalue weighted by molar-refractivity contribution is -0.125. The molecule has 2 aliphatic heterocycles. The quantitative estimate of drug-likeness (QED) is 0.833. The zero-order valence-corrected chi connectivity index (χ0v) is 16.0. The van der Waals surface area contributed by atoms with Gasteiger partial charge in [0.15, 0.2) is 11.6 Å². The number of morpholine rings is 1. The number of nitrogens with zero attached hydrogens (tertiary/aromatic N) is 5. The smallest absolute Gasteiger partial charge is 0.225 e. The molecule has 2 saturated heterocycles. The van der Waals surface area contributed by atoms with E-state index in [1.807, 2.05) is 24.3 Å². The lowest BCUT2D eigenvalue weighted by Crippen LogP contribution is -2.43. The summed E-state index contributed by atoms with van der Waals surface area (Å²) in [4.78, 5) is 21.0. The highest BCUT2D eigenvalue weighted by atomic mass is 16.5. The second-order valence-electron chi connectivity index (χ2n) is 7.21. The predicted molar refractivity (Wildman–Crippen MR) is 106 cm³/mol. The van der Waals surface area contributed by atoms with Crippen molar-refractivity contribution in [2.45, 2.75) is 19.4 Å². The normalized spacial score (nSPS) is 20.1. The predicted octanol–water partition coefficient (Wildman–Crippen LogP) is 1.24. The Morgan fingerprint density at radius 2 is 1.89 bits per heavy atom. The van der Waals surface area contributed by atoms with Gasteiger partial charge in [0.1, 0.15) is 0 Å². The first kappa shape index (κ1) is 18.6. The summed E-state index contributed by atoms with van der Waals surface area (Å²) in [6.07, 6.45) is 5.38. The number of nitrogens with one attached hydrogen (secondary N) is 1. The number of amides is 1. The molecular formula is C20H26N6O2. The minimum Gasteiger partial charge on any atom is -0.378 e. The molecule has 1 atom stereocenters. The summed E-state index contributed by atoms with van der Waals surface area (Å²) in [5, 5.41) is 11.8. The minimum atomic E-state index is -0.0360. The standard InChI is InChI=1S/C20H26N6O2/c27-20(22-14-16-3-1-7-21-13-16)17-4-2-8-26(15-17)19-6-5-18(23-24-19)25-9-11-28-12-10-25/h1,3,5-7,13,17H,2,4,8-12,14-15H2,(H,22,27). The van der Waals surface area contributed by atoms with E-state index in [4.69, 9.17) is 4.74 Å². The van der Waals surface area contributed by atoms with Gasteiger partial charge in [-0.3, -0.25) is 9.78 Å². The van der Waals surface area contributed by atoms with Gasteiger partial charge in [-0.2, -0.15) is 0 Å². The third-order valence-electron chi connectivity index (χ3n) is 5.28. The second kappa shape index (κ2) is 8.97. The van der Waals surface area contributed by atoms with E-state index in [2.05, 4.69) is 30.3 Å². The molecule has 1 N–H and O–H groups in total. The van der Waals surface area contributed by atoms with Gasteiger partial charge in [-0.15, -0.1) is 10.2 Å². The van der Waals surface area contributed by atoms with Gasteiger partial charge >= 0.3 is 0 Å². The number of hydrogen-bond donors (Lipinski definition) is 1. The van der Waals surface area contributed by atoms with Crippen LogP contribution in [0.1, 0.15) is 18.4 Å². The minimum absolute atomic E-state index is 0.0360. The van der Waals surface area contributed by atoms with Crippen molar-refractivity contribution in [3.63, 3.8) is 0 Å². The van der Waals surface area contributed by atoms with Crippen LogP contribution in [0.5, 0.6) is 0 Å². The highest BCUT2D eigenvalue weighted by molar-refractivity contribution is 5.79. The summed E-state index contributed by atoms with van der Waals surface area (Å²) in [6, 6.07) is 7.86. The average molecular weight is 382 g/mol. The fourth-order valence-corrected chi connectivity index (χ4v) is 3.68. The highest BCUT2D eigenvalue weighted by Crippen LogP contribution is 2.23. The molecule has 2 fully saturated rings. The Bertz CT molecular complexity index is 764. The van der Waals surface area contributed by atoms with Crippen molar-refractivity contribution in [1.29, 1.82) is 0 Å². The van der Waals surface area contributed by atoms with Crippen LogP contribution in [0, 0.1) is 5.92 Å². The van der Waals surface area contributed by atoms with Crippen molar-refractivity contribution in [1.82, 2.24) is 20.5 Å². The van der Waals surface area contributed by atoms with Gasteiger partial charge < -0.3 is 19.9 Å². The van der Waals surface area contributed by atoms with E-state index >= 15 is 0 Å². The Balaban J connectivity index is 1.33. The van der Waals surface area contributed by atoms with E-state index in [9.17, 15) is 4.79 Å². The summed E-state index contributed by atoms with van der Waals surface area (Å²) in [7, 11) is 0. The molecule has 0 bridgehead atoms. The van der Waals surface area contributed by atoms with Crippen LogP contribution in [0.4, 0.5) is 11.6 Å². The molecule has 2 aromatic rings. The van der Waals surface area contributed by atoms with Crippen LogP contribution in [0.2, 0.25) is 0 Å². The zero-order valence-electron chi connectivity index (χ0n) is 16.0. The SMILES string of the molecule is O=C(NCc1cccnc1)C1CCCN(c2ccc(N3CCOCC3)nn2)C1. The number of carbonyl (C=O) groups is 1. The first-order valence-corrected chi connectivity index (χ1v) is 9.87. The van der Waals surface area contributed by atoms with E-state index in [0.29, 0.717) is 13.1 Å². The van der Waals surface area contributed by atoms with Crippen LogP contribution in [-0.4, -0.2) is 60.5 Å². The van der Waals surface area contributed by atoms with Gasteiger partial charge in [-0.05, 0) is 36.6 Å². The molecule has 4 rings (SSSR count). The summed E-state index contributed by atoms with van der Waals surface area (Å²) < 4.78 is 5.38. The van der Waals surface area contributed by atoms with Crippen molar-refractivity contribution >= 4 is 17.5 Å². The van der Waals surface area contributed by atoms with Crippen molar-refractivity contribution in [2.24, 2.45) is 5.92 Å². The maximum Gasteiger partial charge on any atom is 0.225 e. The molecule has 8 heteroatoms. The largest absolute Gasteiger partial charge is 0.378 e. The number of rotatable bonds is 5. The Kier molecular flexibility index (Phi) is 5.96. The molecule has 2 aromatic heterocycles.